The van der Waals surface area contributed by atoms with Crippen LogP contribution < -0.4 is 5.32 Å². The van der Waals surface area contributed by atoms with Gasteiger partial charge in [0, 0.05) is 10.9 Å². The molecule has 1 fully saturated rings. The Bertz CT molecular complexity index is 421. The first-order chi connectivity index (χ1) is 8.16. The maximum absolute atomic E-state index is 9.50. The first-order valence-corrected chi connectivity index (χ1v) is 7.09. The summed E-state index contributed by atoms with van der Waals surface area (Å²) in [6, 6.07) is 10.8. The van der Waals surface area contributed by atoms with Crippen LogP contribution in [0.25, 0.3) is 0 Å². The predicted molar refractivity (Wildman–Crippen MR) is 74.3 cm³/mol. The Morgan fingerprint density at radius 2 is 2.12 bits per heavy atom. The van der Waals surface area contributed by atoms with Crippen LogP contribution in [-0.4, -0.2) is 16.5 Å². The molecule has 0 amide bonds. The molecule has 2 unspecified atom stereocenters. The van der Waals surface area contributed by atoms with Crippen molar-refractivity contribution in [3.8, 4) is 6.07 Å². The maximum Gasteiger partial charge on any atom is 0.137 e. The molecular weight excluding hydrogens is 228 g/mol. The minimum atomic E-state index is -0.405. The minimum Gasteiger partial charge on any atom is -0.366 e. The number of aryl methyl sites for hydroxylation is 1. The fourth-order valence-electron chi connectivity index (χ4n) is 2.19. The highest BCUT2D eigenvalue weighted by Crippen LogP contribution is 2.36. The molecule has 1 heterocycles. The van der Waals surface area contributed by atoms with Crippen molar-refractivity contribution in [1.82, 2.24) is 0 Å². The van der Waals surface area contributed by atoms with E-state index in [1.807, 2.05) is 11.8 Å². The number of hydrogen-bond donors (Lipinski definition) is 1. The summed E-state index contributed by atoms with van der Waals surface area (Å²) in [5, 5.41) is 13.3. The molecule has 0 aromatic heterocycles. The lowest BCUT2D eigenvalue weighted by Crippen LogP contribution is -2.47. The zero-order valence-electron chi connectivity index (χ0n) is 10.4. The normalized spacial score (nSPS) is 28.4. The molecule has 0 spiro atoms. The summed E-state index contributed by atoms with van der Waals surface area (Å²) < 4.78 is 0. The van der Waals surface area contributed by atoms with E-state index in [1.54, 1.807) is 0 Å². The van der Waals surface area contributed by atoms with Crippen LogP contribution in [0.15, 0.2) is 24.3 Å². The largest absolute Gasteiger partial charge is 0.366 e. The molecule has 90 valence electrons. The Morgan fingerprint density at radius 3 is 2.71 bits per heavy atom. The van der Waals surface area contributed by atoms with Crippen LogP contribution in [0, 0.1) is 18.3 Å². The van der Waals surface area contributed by atoms with Crippen molar-refractivity contribution in [2.24, 2.45) is 0 Å². The average Bonchev–Trinajstić information content (AvgIpc) is 2.35. The van der Waals surface area contributed by atoms with Gasteiger partial charge in [0.1, 0.15) is 5.54 Å². The first-order valence-electron chi connectivity index (χ1n) is 6.04. The van der Waals surface area contributed by atoms with Crippen LogP contribution in [0.4, 0.5) is 5.69 Å². The van der Waals surface area contributed by atoms with Crippen molar-refractivity contribution in [2.45, 2.75) is 37.5 Å². The summed E-state index contributed by atoms with van der Waals surface area (Å²) >= 11 is 1.89. The second kappa shape index (κ2) is 5.01. The van der Waals surface area contributed by atoms with Gasteiger partial charge >= 0.3 is 0 Å². The summed E-state index contributed by atoms with van der Waals surface area (Å²) in [6.07, 6.45) is 2.05. The molecule has 2 nitrogen and oxygen atoms in total. The lowest BCUT2D eigenvalue weighted by molar-refractivity contribution is 0.513. The fraction of sp³-hybridized carbons (Fsp3) is 0.500. The number of nitrogens with one attached hydrogen (secondary N) is 1. The van der Waals surface area contributed by atoms with Gasteiger partial charge in [-0.3, -0.25) is 0 Å². The fourth-order valence-corrected chi connectivity index (χ4v) is 3.37. The van der Waals surface area contributed by atoms with Crippen LogP contribution in [-0.2, 0) is 0 Å². The zero-order chi connectivity index (χ0) is 12.3. The number of nitrogens with zero attached hydrogens (tertiary/aromatic N) is 1. The molecule has 0 bridgehead atoms. The monoisotopic (exact) mass is 246 g/mol. The van der Waals surface area contributed by atoms with Crippen molar-refractivity contribution in [1.29, 1.82) is 5.26 Å². The molecule has 2 rings (SSSR count). The quantitative estimate of drug-likeness (QED) is 0.866. The van der Waals surface area contributed by atoms with Crippen LogP contribution >= 0.6 is 11.8 Å². The molecule has 17 heavy (non-hydrogen) atoms. The number of nitriles is 1. The number of thioether (sulfide) groups is 1. The van der Waals surface area contributed by atoms with E-state index in [4.69, 9.17) is 0 Å². The van der Waals surface area contributed by atoms with Crippen molar-refractivity contribution >= 4 is 17.4 Å². The van der Waals surface area contributed by atoms with Crippen LogP contribution in [0.3, 0.4) is 0 Å². The zero-order valence-corrected chi connectivity index (χ0v) is 11.2. The highest BCUT2D eigenvalue weighted by atomic mass is 32.2. The van der Waals surface area contributed by atoms with E-state index >= 15 is 0 Å². The van der Waals surface area contributed by atoms with Gasteiger partial charge in [-0.15, -0.1) is 0 Å². The van der Waals surface area contributed by atoms with E-state index < -0.39 is 5.54 Å². The molecule has 0 radical (unpaired) electrons. The molecule has 0 aliphatic carbocycles. The van der Waals surface area contributed by atoms with Crippen molar-refractivity contribution in [2.75, 3.05) is 11.1 Å². The Labute approximate surface area is 107 Å². The number of rotatable bonds is 2. The molecule has 1 saturated heterocycles. The first kappa shape index (κ1) is 12.3. The Balaban J connectivity index is 2.19. The lowest BCUT2D eigenvalue weighted by atomic mass is 9.90. The van der Waals surface area contributed by atoms with E-state index in [2.05, 4.69) is 49.5 Å². The highest BCUT2D eigenvalue weighted by molar-refractivity contribution is 8.00. The number of benzene rings is 1. The standard InChI is InChI=1S/C14H18N2S/c1-11-4-6-13(7-5-11)16-14(10-15)8-3-9-17-12(14)2/h4-7,12,16H,3,8-9H2,1-2H3. The molecule has 1 aromatic carbocycles. The summed E-state index contributed by atoms with van der Waals surface area (Å²) in [4.78, 5) is 0. The van der Waals surface area contributed by atoms with Gasteiger partial charge < -0.3 is 5.32 Å². The van der Waals surface area contributed by atoms with E-state index in [9.17, 15) is 5.26 Å². The van der Waals surface area contributed by atoms with E-state index in [1.165, 1.54) is 11.3 Å². The SMILES string of the molecule is Cc1ccc(NC2(C#N)CCCSC2C)cc1. The molecule has 1 aliphatic rings. The average molecular weight is 246 g/mol. The summed E-state index contributed by atoms with van der Waals surface area (Å²) in [5.74, 6) is 1.17. The lowest BCUT2D eigenvalue weighted by Gasteiger charge is -2.37. The summed E-state index contributed by atoms with van der Waals surface area (Å²) in [5.41, 5.74) is 1.89. The molecular formula is C14H18N2S. The second-order valence-corrected chi connectivity index (χ2v) is 6.14. The molecule has 0 saturated carbocycles. The molecule has 2 atom stereocenters. The van der Waals surface area contributed by atoms with Gasteiger partial charge in [0.25, 0.3) is 0 Å². The van der Waals surface area contributed by atoms with Gasteiger partial charge in [-0.25, -0.2) is 0 Å². The van der Waals surface area contributed by atoms with Crippen molar-refractivity contribution in [3.63, 3.8) is 0 Å². The minimum absolute atomic E-state index is 0.336. The van der Waals surface area contributed by atoms with Gasteiger partial charge in [0.15, 0.2) is 0 Å². The topological polar surface area (TPSA) is 35.8 Å². The van der Waals surface area contributed by atoms with Crippen LogP contribution in [0.1, 0.15) is 25.3 Å². The van der Waals surface area contributed by atoms with E-state index in [0.29, 0.717) is 5.25 Å². The van der Waals surface area contributed by atoms with Gasteiger partial charge in [0.05, 0.1) is 6.07 Å². The van der Waals surface area contributed by atoms with E-state index in [0.717, 1.165) is 18.5 Å². The number of anilines is 1. The third-order valence-corrected chi connectivity index (χ3v) is 4.82. The van der Waals surface area contributed by atoms with Gasteiger partial charge in [-0.2, -0.15) is 17.0 Å². The third kappa shape index (κ3) is 2.58. The Kier molecular flexibility index (Phi) is 3.63. The maximum atomic E-state index is 9.50. The molecule has 1 N–H and O–H groups in total. The van der Waals surface area contributed by atoms with Crippen molar-refractivity contribution < 1.29 is 0 Å². The van der Waals surface area contributed by atoms with Crippen molar-refractivity contribution in [3.05, 3.63) is 29.8 Å². The number of hydrogen-bond acceptors (Lipinski definition) is 3. The third-order valence-electron chi connectivity index (χ3n) is 3.40. The van der Waals surface area contributed by atoms with Gasteiger partial charge in [0.2, 0.25) is 0 Å². The van der Waals surface area contributed by atoms with Crippen LogP contribution in [0.2, 0.25) is 0 Å². The molecule has 1 aliphatic heterocycles. The van der Waals surface area contributed by atoms with Gasteiger partial charge in [-0.05, 0) is 44.6 Å². The van der Waals surface area contributed by atoms with E-state index in [-0.39, 0.29) is 0 Å². The molecule has 1 aromatic rings. The second-order valence-electron chi connectivity index (χ2n) is 4.69. The van der Waals surface area contributed by atoms with Gasteiger partial charge in [-0.1, -0.05) is 17.7 Å². The Hall–Kier alpha value is -1.14. The summed E-state index contributed by atoms with van der Waals surface area (Å²) in [7, 11) is 0. The highest BCUT2D eigenvalue weighted by Gasteiger charge is 2.39. The summed E-state index contributed by atoms with van der Waals surface area (Å²) in [6.45, 7) is 4.22. The Morgan fingerprint density at radius 1 is 1.41 bits per heavy atom. The smallest absolute Gasteiger partial charge is 0.137 e. The van der Waals surface area contributed by atoms with Crippen LogP contribution in [0.5, 0.6) is 0 Å². The predicted octanol–water partition coefficient (Wildman–Crippen LogP) is 3.58. The molecule has 3 heteroatoms.